The summed E-state index contributed by atoms with van der Waals surface area (Å²) in [4.78, 5) is 2.24. The van der Waals surface area contributed by atoms with E-state index in [1.807, 2.05) is 11.5 Å². The summed E-state index contributed by atoms with van der Waals surface area (Å²) in [7, 11) is 2.07. The summed E-state index contributed by atoms with van der Waals surface area (Å²) >= 11 is 0. The van der Waals surface area contributed by atoms with Gasteiger partial charge in [-0.05, 0) is 25.6 Å². The molecule has 2 heterocycles. The van der Waals surface area contributed by atoms with Gasteiger partial charge in [0, 0.05) is 43.2 Å². The minimum Gasteiger partial charge on any atom is -0.341 e. The maximum absolute atomic E-state index is 14.0. The fourth-order valence-corrected chi connectivity index (χ4v) is 2.87. The minimum absolute atomic E-state index is 0.455. The Bertz CT molecular complexity index is 616. The van der Waals surface area contributed by atoms with Crippen LogP contribution in [0.5, 0.6) is 0 Å². The van der Waals surface area contributed by atoms with Crippen molar-refractivity contribution in [2.24, 2.45) is 0 Å². The van der Waals surface area contributed by atoms with Gasteiger partial charge in [0.2, 0.25) is 0 Å². The molecule has 0 radical (unpaired) electrons. The van der Waals surface area contributed by atoms with Gasteiger partial charge in [-0.25, -0.2) is 8.78 Å². The number of nitrogens with zero attached hydrogens (tertiary/aromatic N) is 2. The fraction of sp³-hybridized carbons (Fsp3) is 0.429. The predicted octanol–water partition coefficient (Wildman–Crippen LogP) is 2.72. The van der Waals surface area contributed by atoms with Crippen LogP contribution >= 0.6 is 0 Å². The zero-order chi connectivity index (χ0) is 12.9. The molecule has 0 atom stereocenters. The zero-order valence-electron chi connectivity index (χ0n) is 10.6. The van der Waals surface area contributed by atoms with E-state index in [4.69, 9.17) is 0 Å². The first kappa shape index (κ1) is 11.7. The van der Waals surface area contributed by atoms with Crippen LogP contribution in [0.15, 0.2) is 12.1 Å². The number of hydrogen-bond acceptors (Lipinski definition) is 1. The Morgan fingerprint density at radius 2 is 1.89 bits per heavy atom. The number of aryl methyl sites for hydroxylation is 1. The first-order chi connectivity index (χ1) is 8.58. The molecule has 4 heteroatoms. The lowest BCUT2D eigenvalue weighted by atomic mass is 10.1. The lowest BCUT2D eigenvalue weighted by Gasteiger charge is -2.12. The van der Waals surface area contributed by atoms with E-state index in [1.54, 1.807) is 0 Å². The second kappa shape index (κ2) is 4.05. The Hall–Kier alpha value is -1.42. The van der Waals surface area contributed by atoms with E-state index in [1.165, 1.54) is 6.07 Å². The SMILES string of the molecule is Cc1c2n(c3c(F)cc(F)cc13)CCN(C)CC2. The molecule has 0 amide bonds. The highest BCUT2D eigenvalue weighted by Gasteiger charge is 2.20. The molecule has 0 fully saturated rings. The summed E-state index contributed by atoms with van der Waals surface area (Å²) in [6.07, 6.45) is 0.887. The van der Waals surface area contributed by atoms with Gasteiger partial charge >= 0.3 is 0 Å². The second-order valence-corrected chi connectivity index (χ2v) is 5.06. The molecule has 1 aliphatic rings. The Morgan fingerprint density at radius 3 is 2.67 bits per heavy atom. The molecule has 2 nitrogen and oxygen atoms in total. The molecular formula is C14H16F2N2. The molecule has 0 unspecified atom stereocenters. The summed E-state index contributed by atoms with van der Waals surface area (Å²) in [5.41, 5.74) is 2.71. The van der Waals surface area contributed by atoms with Crippen molar-refractivity contribution in [1.29, 1.82) is 0 Å². The van der Waals surface area contributed by atoms with Crippen molar-refractivity contribution in [1.82, 2.24) is 9.47 Å². The van der Waals surface area contributed by atoms with Crippen LogP contribution in [0.4, 0.5) is 8.78 Å². The van der Waals surface area contributed by atoms with Crippen LogP contribution in [0.25, 0.3) is 10.9 Å². The monoisotopic (exact) mass is 250 g/mol. The maximum Gasteiger partial charge on any atom is 0.150 e. The van der Waals surface area contributed by atoms with Crippen LogP contribution in [0, 0.1) is 18.6 Å². The van der Waals surface area contributed by atoms with Crippen molar-refractivity contribution >= 4 is 10.9 Å². The number of benzene rings is 1. The van der Waals surface area contributed by atoms with Gasteiger partial charge in [-0.3, -0.25) is 0 Å². The average Bonchev–Trinajstić information content (AvgIpc) is 2.46. The summed E-state index contributed by atoms with van der Waals surface area (Å²) in [5, 5.41) is 0.715. The molecule has 0 saturated heterocycles. The normalized spacial score (nSPS) is 16.9. The van der Waals surface area contributed by atoms with Crippen LogP contribution in [-0.4, -0.2) is 29.6 Å². The standard InChI is InChI=1S/C14H16F2N2/c1-9-11-7-10(15)8-12(16)14(11)18-6-5-17(2)4-3-13(9)18/h7-8H,3-6H2,1-2H3. The van der Waals surface area contributed by atoms with Crippen LogP contribution in [0.2, 0.25) is 0 Å². The van der Waals surface area contributed by atoms with Gasteiger partial charge in [-0.2, -0.15) is 0 Å². The lowest BCUT2D eigenvalue weighted by Crippen LogP contribution is -2.21. The topological polar surface area (TPSA) is 8.17 Å². The van der Waals surface area contributed by atoms with E-state index in [0.29, 0.717) is 10.9 Å². The van der Waals surface area contributed by atoms with E-state index in [9.17, 15) is 8.78 Å². The summed E-state index contributed by atoms with van der Waals surface area (Å²) in [6, 6.07) is 2.42. The van der Waals surface area contributed by atoms with Crippen molar-refractivity contribution in [3.8, 4) is 0 Å². The molecule has 0 saturated carbocycles. The van der Waals surface area contributed by atoms with Crippen molar-refractivity contribution in [3.63, 3.8) is 0 Å². The van der Waals surface area contributed by atoms with Crippen LogP contribution in [-0.2, 0) is 13.0 Å². The molecule has 3 rings (SSSR count). The Labute approximate surface area is 105 Å². The molecule has 0 bridgehead atoms. The summed E-state index contributed by atoms with van der Waals surface area (Å²) < 4.78 is 29.3. The molecular weight excluding hydrogens is 234 g/mol. The first-order valence-electron chi connectivity index (χ1n) is 6.23. The molecule has 0 spiro atoms. The summed E-state index contributed by atoms with van der Waals surface area (Å²) in [5.74, 6) is -0.954. The quantitative estimate of drug-likeness (QED) is 0.698. The van der Waals surface area contributed by atoms with E-state index >= 15 is 0 Å². The summed E-state index contributed by atoms with van der Waals surface area (Å²) in [6.45, 7) is 4.57. The van der Waals surface area contributed by atoms with Gasteiger partial charge in [-0.1, -0.05) is 0 Å². The largest absolute Gasteiger partial charge is 0.341 e. The Morgan fingerprint density at radius 1 is 1.11 bits per heavy atom. The second-order valence-electron chi connectivity index (χ2n) is 5.06. The van der Waals surface area contributed by atoms with E-state index in [0.717, 1.165) is 43.4 Å². The Balaban J connectivity index is 2.30. The molecule has 1 aromatic carbocycles. The highest BCUT2D eigenvalue weighted by Crippen LogP contribution is 2.30. The van der Waals surface area contributed by atoms with Gasteiger partial charge in [0.05, 0.1) is 5.52 Å². The average molecular weight is 250 g/mol. The number of aromatic nitrogens is 1. The van der Waals surface area contributed by atoms with Crippen molar-refractivity contribution in [2.45, 2.75) is 19.9 Å². The number of halogens is 2. The van der Waals surface area contributed by atoms with E-state index < -0.39 is 11.6 Å². The van der Waals surface area contributed by atoms with Crippen molar-refractivity contribution in [3.05, 3.63) is 35.0 Å². The third kappa shape index (κ3) is 1.63. The lowest BCUT2D eigenvalue weighted by molar-refractivity contribution is 0.342. The van der Waals surface area contributed by atoms with Gasteiger partial charge in [0.15, 0.2) is 0 Å². The van der Waals surface area contributed by atoms with Crippen LogP contribution < -0.4 is 0 Å². The number of likely N-dealkylation sites (N-methyl/N-ethyl adjacent to an activating group) is 1. The number of fused-ring (bicyclic) bond motifs is 3. The third-order valence-corrected chi connectivity index (χ3v) is 3.90. The number of rotatable bonds is 0. The van der Waals surface area contributed by atoms with E-state index in [2.05, 4.69) is 11.9 Å². The zero-order valence-corrected chi connectivity index (χ0v) is 10.6. The molecule has 18 heavy (non-hydrogen) atoms. The van der Waals surface area contributed by atoms with Gasteiger partial charge in [-0.15, -0.1) is 0 Å². The molecule has 0 aliphatic carbocycles. The first-order valence-corrected chi connectivity index (χ1v) is 6.23. The molecule has 2 aromatic rings. The predicted molar refractivity (Wildman–Crippen MR) is 67.8 cm³/mol. The van der Waals surface area contributed by atoms with Crippen molar-refractivity contribution in [2.75, 3.05) is 20.1 Å². The van der Waals surface area contributed by atoms with Gasteiger partial charge in [0.25, 0.3) is 0 Å². The van der Waals surface area contributed by atoms with Crippen LogP contribution in [0.3, 0.4) is 0 Å². The third-order valence-electron chi connectivity index (χ3n) is 3.90. The highest BCUT2D eigenvalue weighted by atomic mass is 19.1. The molecule has 0 N–H and O–H groups in total. The van der Waals surface area contributed by atoms with Crippen LogP contribution in [0.1, 0.15) is 11.3 Å². The minimum atomic E-state index is -0.499. The van der Waals surface area contributed by atoms with Gasteiger partial charge < -0.3 is 9.47 Å². The van der Waals surface area contributed by atoms with E-state index in [-0.39, 0.29) is 0 Å². The Kier molecular flexibility index (Phi) is 2.63. The molecule has 1 aliphatic heterocycles. The van der Waals surface area contributed by atoms with Crippen molar-refractivity contribution < 1.29 is 8.78 Å². The molecule has 1 aromatic heterocycles. The smallest absolute Gasteiger partial charge is 0.150 e. The fourth-order valence-electron chi connectivity index (χ4n) is 2.87. The number of hydrogen-bond donors (Lipinski definition) is 0. The maximum atomic E-state index is 14.0. The molecule has 96 valence electrons. The van der Waals surface area contributed by atoms with Gasteiger partial charge in [0.1, 0.15) is 11.6 Å². The highest BCUT2D eigenvalue weighted by molar-refractivity contribution is 5.86.